The smallest absolute Gasteiger partial charge is 0.263 e. The highest BCUT2D eigenvalue weighted by Gasteiger charge is 2.34. The molecule has 2 aromatic rings. The molecule has 0 spiro atoms. The van der Waals surface area contributed by atoms with E-state index < -0.39 is 16.1 Å². The summed E-state index contributed by atoms with van der Waals surface area (Å²) in [5.74, 6) is 1.37. The lowest BCUT2D eigenvalue weighted by molar-refractivity contribution is -0.127. The number of nitrogens with one attached hydrogen (secondary N) is 1. The van der Waals surface area contributed by atoms with E-state index >= 15 is 0 Å². The molecule has 8 nitrogen and oxygen atoms in total. The van der Waals surface area contributed by atoms with Gasteiger partial charge >= 0.3 is 0 Å². The van der Waals surface area contributed by atoms with Crippen molar-refractivity contribution < 1.29 is 27.4 Å². The van der Waals surface area contributed by atoms with Crippen LogP contribution in [0.3, 0.4) is 0 Å². The quantitative estimate of drug-likeness (QED) is 0.623. The molecule has 0 aliphatic carbocycles. The fourth-order valence-electron chi connectivity index (χ4n) is 3.47. The van der Waals surface area contributed by atoms with Crippen LogP contribution in [0.4, 0.5) is 5.69 Å². The maximum absolute atomic E-state index is 12.6. The van der Waals surface area contributed by atoms with Crippen LogP contribution in [-0.2, 0) is 21.2 Å². The first kappa shape index (κ1) is 22.7. The highest BCUT2D eigenvalue weighted by molar-refractivity contribution is 7.92. The molecule has 3 rings (SSSR count). The fraction of sp³-hybridized carbons (Fsp3) is 0.409. The first-order chi connectivity index (χ1) is 14.7. The first-order valence-corrected chi connectivity index (χ1v) is 11.8. The molecule has 0 saturated heterocycles. The Labute approximate surface area is 183 Å². The van der Waals surface area contributed by atoms with E-state index in [-0.39, 0.29) is 12.5 Å². The molecule has 31 heavy (non-hydrogen) atoms. The Kier molecular flexibility index (Phi) is 6.94. The van der Waals surface area contributed by atoms with Gasteiger partial charge in [-0.3, -0.25) is 9.10 Å². The molecule has 9 heteroatoms. The monoisotopic (exact) mass is 448 g/mol. The van der Waals surface area contributed by atoms with Crippen molar-refractivity contribution >= 4 is 21.6 Å². The van der Waals surface area contributed by atoms with E-state index in [9.17, 15) is 13.2 Å². The van der Waals surface area contributed by atoms with Gasteiger partial charge < -0.3 is 19.5 Å². The highest BCUT2D eigenvalue weighted by Crippen LogP contribution is 2.35. The molecular weight excluding hydrogens is 420 g/mol. The second-order valence-electron chi connectivity index (χ2n) is 7.46. The van der Waals surface area contributed by atoms with Crippen molar-refractivity contribution in [1.29, 1.82) is 0 Å². The molecule has 0 fully saturated rings. The zero-order valence-electron chi connectivity index (χ0n) is 18.2. The lowest BCUT2D eigenvalue weighted by Crippen LogP contribution is -2.50. The van der Waals surface area contributed by atoms with Crippen molar-refractivity contribution in [2.75, 3.05) is 37.9 Å². The molecular formula is C22H28N2O6S. The number of benzene rings is 2. The number of sulfonamides is 1. The van der Waals surface area contributed by atoms with Gasteiger partial charge in [-0.1, -0.05) is 12.1 Å². The Balaban J connectivity index is 1.59. The summed E-state index contributed by atoms with van der Waals surface area (Å²) >= 11 is 0. The van der Waals surface area contributed by atoms with Crippen molar-refractivity contribution in [3.63, 3.8) is 0 Å². The number of fused-ring (bicyclic) bond motifs is 1. The SMILES string of the molecule is COc1ccc(CCCNC(=O)C2CN(S(C)(=O)=O)c3cc(C)ccc3O2)cc1OC. The molecule has 2 aromatic carbocycles. The highest BCUT2D eigenvalue weighted by atomic mass is 32.2. The summed E-state index contributed by atoms with van der Waals surface area (Å²) in [5, 5.41) is 2.85. The molecule has 1 N–H and O–H groups in total. The molecule has 1 aliphatic rings. The van der Waals surface area contributed by atoms with E-state index in [1.54, 1.807) is 26.4 Å². The van der Waals surface area contributed by atoms with Gasteiger partial charge in [-0.2, -0.15) is 0 Å². The standard InChI is InChI=1S/C22H28N2O6S/c1-15-7-9-18-17(12-15)24(31(4,26)27)14-21(30-18)22(25)23-11-5-6-16-8-10-19(28-2)20(13-16)29-3/h7-10,12-13,21H,5-6,11,14H2,1-4H3,(H,23,25). The molecule has 1 atom stereocenters. The van der Waals surface area contributed by atoms with Gasteiger partial charge in [0, 0.05) is 6.54 Å². The molecule has 168 valence electrons. The van der Waals surface area contributed by atoms with Gasteiger partial charge in [-0.25, -0.2) is 8.42 Å². The Morgan fingerprint density at radius 1 is 1.16 bits per heavy atom. The van der Waals surface area contributed by atoms with Gasteiger partial charge in [-0.15, -0.1) is 0 Å². The number of hydrogen-bond donors (Lipinski definition) is 1. The third kappa shape index (κ3) is 5.41. The third-order valence-electron chi connectivity index (χ3n) is 5.07. The Hall–Kier alpha value is -2.94. The minimum atomic E-state index is -3.54. The number of amides is 1. The molecule has 0 aromatic heterocycles. The van der Waals surface area contributed by atoms with Gasteiger partial charge in [0.2, 0.25) is 10.0 Å². The number of rotatable bonds is 8. The zero-order chi connectivity index (χ0) is 22.6. The van der Waals surface area contributed by atoms with Crippen molar-refractivity contribution in [1.82, 2.24) is 5.32 Å². The fourth-order valence-corrected chi connectivity index (χ4v) is 4.37. The molecule has 1 amide bonds. The van der Waals surface area contributed by atoms with Gasteiger partial charge in [-0.05, 0) is 55.2 Å². The summed E-state index contributed by atoms with van der Waals surface area (Å²) in [5.41, 5.74) is 2.43. The minimum absolute atomic E-state index is 0.0587. The van der Waals surface area contributed by atoms with Crippen molar-refractivity contribution in [2.45, 2.75) is 25.9 Å². The second-order valence-corrected chi connectivity index (χ2v) is 9.36. The van der Waals surface area contributed by atoms with E-state index in [0.29, 0.717) is 35.9 Å². The summed E-state index contributed by atoms with van der Waals surface area (Å²) in [6, 6.07) is 11.0. The average Bonchev–Trinajstić information content (AvgIpc) is 2.74. The van der Waals surface area contributed by atoms with Crippen LogP contribution < -0.4 is 23.8 Å². The van der Waals surface area contributed by atoms with Crippen LogP contribution in [0.15, 0.2) is 36.4 Å². The van der Waals surface area contributed by atoms with Gasteiger partial charge in [0.05, 0.1) is 32.7 Å². The first-order valence-electron chi connectivity index (χ1n) is 9.96. The second kappa shape index (κ2) is 9.47. The van der Waals surface area contributed by atoms with Crippen LogP contribution in [0.2, 0.25) is 0 Å². The predicted octanol–water partition coefficient (Wildman–Crippen LogP) is 2.29. The summed E-state index contributed by atoms with van der Waals surface area (Å²) in [6.45, 7) is 2.25. The van der Waals surface area contributed by atoms with Crippen molar-refractivity contribution in [2.24, 2.45) is 0 Å². The predicted molar refractivity (Wildman–Crippen MR) is 119 cm³/mol. The summed E-state index contributed by atoms with van der Waals surface area (Å²) in [7, 11) is -0.368. The number of nitrogens with zero attached hydrogens (tertiary/aromatic N) is 1. The molecule has 1 aliphatic heterocycles. The van der Waals surface area contributed by atoms with Crippen molar-refractivity contribution in [3.8, 4) is 17.2 Å². The average molecular weight is 449 g/mol. The number of hydrogen-bond acceptors (Lipinski definition) is 6. The van der Waals surface area contributed by atoms with Crippen LogP contribution in [0.5, 0.6) is 17.2 Å². The van der Waals surface area contributed by atoms with Crippen LogP contribution >= 0.6 is 0 Å². The number of carbonyl (C=O) groups excluding carboxylic acids is 1. The Bertz CT molecular complexity index is 1050. The van der Waals surface area contributed by atoms with Gasteiger partial charge in [0.15, 0.2) is 17.6 Å². The summed E-state index contributed by atoms with van der Waals surface area (Å²) < 4.78 is 42.1. The lowest BCUT2D eigenvalue weighted by Gasteiger charge is -2.34. The molecule has 0 bridgehead atoms. The summed E-state index contributed by atoms with van der Waals surface area (Å²) in [6.07, 6.45) is 1.66. The van der Waals surface area contributed by atoms with E-state index in [4.69, 9.17) is 14.2 Å². The number of carbonyl (C=O) groups is 1. The summed E-state index contributed by atoms with van der Waals surface area (Å²) in [4.78, 5) is 12.6. The molecule has 0 saturated carbocycles. The largest absolute Gasteiger partial charge is 0.493 e. The maximum Gasteiger partial charge on any atom is 0.263 e. The Morgan fingerprint density at radius 3 is 2.58 bits per heavy atom. The maximum atomic E-state index is 12.6. The van der Waals surface area contributed by atoms with E-state index in [2.05, 4.69) is 5.32 Å². The minimum Gasteiger partial charge on any atom is -0.493 e. The molecule has 1 unspecified atom stereocenters. The molecule has 1 heterocycles. The van der Waals surface area contributed by atoms with E-state index in [0.717, 1.165) is 23.8 Å². The topological polar surface area (TPSA) is 94.2 Å². The van der Waals surface area contributed by atoms with Crippen molar-refractivity contribution in [3.05, 3.63) is 47.5 Å². The van der Waals surface area contributed by atoms with Crippen LogP contribution in [-0.4, -0.2) is 54.0 Å². The number of aryl methyl sites for hydroxylation is 2. The Morgan fingerprint density at radius 2 is 1.90 bits per heavy atom. The third-order valence-corrected chi connectivity index (χ3v) is 6.21. The van der Waals surface area contributed by atoms with E-state index in [1.165, 1.54) is 4.31 Å². The van der Waals surface area contributed by atoms with Crippen LogP contribution in [0, 0.1) is 6.92 Å². The zero-order valence-corrected chi connectivity index (χ0v) is 19.0. The number of ether oxygens (including phenoxy) is 3. The number of anilines is 1. The lowest BCUT2D eigenvalue weighted by atomic mass is 10.1. The van der Waals surface area contributed by atoms with Crippen LogP contribution in [0.25, 0.3) is 0 Å². The van der Waals surface area contributed by atoms with E-state index in [1.807, 2.05) is 31.2 Å². The number of methoxy groups -OCH3 is 2. The van der Waals surface area contributed by atoms with Gasteiger partial charge in [0.1, 0.15) is 5.75 Å². The van der Waals surface area contributed by atoms with Gasteiger partial charge in [0.25, 0.3) is 5.91 Å². The molecule has 0 radical (unpaired) electrons. The normalized spacial score (nSPS) is 15.6. The van der Waals surface area contributed by atoms with Crippen LogP contribution in [0.1, 0.15) is 17.5 Å².